The summed E-state index contributed by atoms with van der Waals surface area (Å²) in [5.41, 5.74) is -3.13. The first-order valence-corrected chi connectivity index (χ1v) is 26.0. The quantitative estimate of drug-likeness (QED) is 0.0257. The molecule has 0 bridgehead atoms. The molecule has 0 aromatic heterocycles. The minimum atomic E-state index is -5.69. The molecule has 0 saturated carbocycles. The van der Waals surface area contributed by atoms with Crippen LogP contribution >= 0.6 is 0 Å². The van der Waals surface area contributed by atoms with Gasteiger partial charge in [-0.15, -0.1) is 10.2 Å². The second-order valence-electron chi connectivity index (χ2n) is 12.7. The van der Waals surface area contributed by atoms with Crippen molar-refractivity contribution in [2.75, 3.05) is 44.3 Å². The van der Waals surface area contributed by atoms with Crippen molar-refractivity contribution in [2.45, 2.75) is 32.5 Å². The van der Waals surface area contributed by atoms with Crippen molar-refractivity contribution in [3.63, 3.8) is 0 Å². The van der Waals surface area contributed by atoms with Crippen LogP contribution in [-0.2, 0) is 78.7 Å². The molecule has 0 fully saturated rings. The van der Waals surface area contributed by atoms with E-state index in [-0.39, 0.29) is 130 Å². The fourth-order valence-corrected chi connectivity index (χ4v) is 9.61. The number of hydrogen-bond acceptors (Lipinski definition) is 27. The van der Waals surface area contributed by atoms with Crippen molar-refractivity contribution in [1.82, 2.24) is 0 Å². The molecule has 0 spiro atoms. The minimum Gasteiger partial charge on any atom is -0.744 e. The fraction of sp³-hybridized carbons (Fsp3) is 0.250. The van der Waals surface area contributed by atoms with E-state index < -0.39 is 162 Å². The number of phenols is 1. The summed E-state index contributed by atoms with van der Waals surface area (Å²) in [6.07, 6.45) is 0. The maximum absolute atomic E-state index is 13.5. The topological polar surface area (TPSA) is 450 Å². The number of phenolic OH excluding ortho intramolecular Hbond substituents is 1. The molecule has 28 nitrogen and oxygen atoms in total. The number of rotatable bonds is 21. The number of Topliss-reactive ketones (excluding diaryl/α,β-unsaturated/α-hetero) is 1. The van der Waals surface area contributed by atoms with Gasteiger partial charge in [0, 0.05) is 5.39 Å². The number of amides is 1. The Hall–Kier alpha value is -1.66. The number of anilines is 1. The zero-order chi connectivity index (χ0) is 49.8. The first kappa shape index (κ1) is 68.3. The van der Waals surface area contributed by atoms with Crippen LogP contribution in [0.3, 0.4) is 0 Å². The number of sulfone groups is 2. The number of carbonyl (C=O) groups is 2. The fourth-order valence-electron chi connectivity index (χ4n) is 5.32. The van der Waals surface area contributed by atoms with E-state index in [0.717, 1.165) is 57.5 Å². The summed E-state index contributed by atoms with van der Waals surface area (Å²) < 4.78 is 208. The van der Waals surface area contributed by atoms with Gasteiger partial charge in [0.15, 0.2) is 31.2 Å². The molecule has 0 heterocycles. The molecule has 0 aliphatic rings. The van der Waals surface area contributed by atoms with Crippen LogP contribution in [0.1, 0.15) is 6.92 Å². The number of ketones is 1. The van der Waals surface area contributed by atoms with Gasteiger partial charge in [0.25, 0.3) is 5.91 Å². The maximum atomic E-state index is 13.5. The molecule has 0 aliphatic heterocycles. The van der Waals surface area contributed by atoms with Gasteiger partial charge in [0.1, 0.15) is 48.8 Å². The number of nitrogens with zero attached hydrogens (tertiary/aromatic N) is 4. The standard InChI is InChI=1S/C32H33N5O23S6.4Na/c1-17(38)29(36-34-22-14-19(4-6-25(22)57-2)61(41,42)10-8-59-65(51,52)53)32(40)33-24-16-21-18(12-27(24)63(45,46)47)13-28(64(48,49)50)30(31(21)39)37-35-23-15-20(5-7-26(23)58-3)62(43,44)11-9-60-66(54,55)56;;;;/h4-7,12-16,29,39H,8-11H2,1-3H3,(H,33,40)(H,45,46,47)(H,48,49,50)(H,51,52,53)(H,54,55,56);;;;/q;4*+1/p-4. The zero-order valence-electron chi connectivity index (χ0n) is 37.3. The Morgan fingerprint density at radius 3 is 1.46 bits per heavy atom. The second kappa shape index (κ2) is 27.2. The van der Waals surface area contributed by atoms with Crippen LogP contribution in [-0.4, -0.2) is 130 Å². The predicted molar refractivity (Wildman–Crippen MR) is 215 cm³/mol. The average Bonchev–Trinajstić information content (AvgIpc) is 3.18. The van der Waals surface area contributed by atoms with Crippen molar-refractivity contribution in [1.29, 1.82) is 0 Å². The van der Waals surface area contributed by atoms with Gasteiger partial charge in [-0.25, -0.2) is 50.5 Å². The summed E-state index contributed by atoms with van der Waals surface area (Å²) in [5, 5.41) is 26.6. The number of carbonyl (C=O) groups excluding carboxylic acids is 2. The minimum absolute atomic E-state index is 0. The molecule has 38 heteroatoms. The summed E-state index contributed by atoms with van der Waals surface area (Å²) in [6.45, 7) is -1.35. The summed E-state index contributed by atoms with van der Waals surface area (Å²) >= 11 is 0. The Labute approximate surface area is 488 Å². The molecule has 2 N–H and O–H groups in total. The molecule has 0 aliphatic carbocycles. The third-order valence-electron chi connectivity index (χ3n) is 8.30. The molecular formula is C32H29N5Na4O23S6. The van der Waals surface area contributed by atoms with E-state index in [2.05, 4.69) is 28.8 Å². The first-order valence-electron chi connectivity index (χ1n) is 17.2. The van der Waals surface area contributed by atoms with E-state index in [9.17, 15) is 83.4 Å². The molecule has 1 amide bonds. The Morgan fingerprint density at radius 1 is 0.629 bits per heavy atom. The van der Waals surface area contributed by atoms with E-state index in [1.807, 2.05) is 5.32 Å². The van der Waals surface area contributed by atoms with E-state index in [0.29, 0.717) is 18.2 Å². The molecule has 360 valence electrons. The Morgan fingerprint density at radius 2 is 1.06 bits per heavy atom. The van der Waals surface area contributed by atoms with Crippen molar-refractivity contribution >= 4 is 106 Å². The monoisotopic (exact) mass is 1130 g/mol. The molecule has 4 aromatic carbocycles. The number of azo groups is 2. The largest absolute Gasteiger partial charge is 1.00 e. The summed E-state index contributed by atoms with van der Waals surface area (Å²) in [4.78, 5) is 22.3. The van der Waals surface area contributed by atoms with E-state index in [1.165, 1.54) is 0 Å². The van der Waals surface area contributed by atoms with Gasteiger partial charge in [0.05, 0.1) is 64.2 Å². The smallest absolute Gasteiger partial charge is 0.744 e. The number of methoxy groups -OCH3 is 2. The predicted octanol–water partition coefficient (Wildman–Crippen LogP) is -11.0. The van der Waals surface area contributed by atoms with E-state index >= 15 is 0 Å². The van der Waals surface area contributed by atoms with Gasteiger partial charge in [-0.05, 0) is 66.9 Å². The first-order chi connectivity index (χ1) is 30.3. The molecule has 0 radical (unpaired) electrons. The van der Waals surface area contributed by atoms with Gasteiger partial charge in [-0.2, -0.15) is 10.2 Å². The molecule has 4 rings (SSSR count). The summed E-state index contributed by atoms with van der Waals surface area (Å²) in [5.74, 6) is -6.42. The van der Waals surface area contributed by atoms with Crippen LogP contribution in [0.15, 0.2) is 94.6 Å². The molecule has 0 saturated heterocycles. The molecule has 4 aromatic rings. The van der Waals surface area contributed by atoms with Gasteiger partial charge >= 0.3 is 118 Å². The van der Waals surface area contributed by atoms with Crippen molar-refractivity contribution in [3.8, 4) is 17.2 Å². The van der Waals surface area contributed by atoms with E-state index in [4.69, 9.17) is 9.47 Å². The van der Waals surface area contributed by atoms with Crippen molar-refractivity contribution in [3.05, 3.63) is 54.6 Å². The average molecular weight is 1140 g/mol. The number of aromatic hydroxyl groups is 1. The van der Waals surface area contributed by atoms with Crippen molar-refractivity contribution < 1.29 is 219 Å². The van der Waals surface area contributed by atoms with Crippen LogP contribution < -0.4 is 133 Å². The van der Waals surface area contributed by atoms with Gasteiger partial charge in [-0.1, -0.05) is 0 Å². The summed E-state index contributed by atoms with van der Waals surface area (Å²) in [7, 11) is -28.5. The number of benzene rings is 4. The molecule has 1 unspecified atom stereocenters. The van der Waals surface area contributed by atoms with Gasteiger partial charge in [-0.3, -0.25) is 18.0 Å². The van der Waals surface area contributed by atoms with Crippen LogP contribution in [0.25, 0.3) is 10.8 Å². The third-order valence-corrected chi connectivity index (χ3v) is 14.3. The number of nitrogens with one attached hydrogen (secondary N) is 1. The van der Waals surface area contributed by atoms with Crippen LogP contribution in [0.5, 0.6) is 17.2 Å². The molecular weight excluding hydrogens is 1110 g/mol. The Bertz CT molecular complexity index is 3380. The second-order valence-corrected chi connectivity index (χ2v) is 21.8. The molecule has 1 atom stereocenters. The van der Waals surface area contributed by atoms with Gasteiger partial charge < -0.3 is 38.1 Å². The van der Waals surface area contributed by atoms with E-state index in [1.54, 1.807) is 0 Å². The maximum Gasteiger partial charge on any atom is 1.00 e. The van der Waals surface area contributed by atoms with Crippen molar-refractivity contribution in [2.24, 2.45) is 20.5 Å². The van der Waals surface area contributed by atoms with Gasteiger partial charge in [0.2, 0.25) is 26.8 Å². The zero-order valence-corrected chi connectivity index (χ0v) is 50.2. The SMILES string of the molecule is COc1ccc(S(=O)(=O)CCOS(=O)(=O)[O-])cc1N=Nc1c(S(=O)(=O)[O-])cc2cc(S(=O)(=O)[O-])c(NC(=O)C(N=Nc3cc(S(=O)(=O)CCOS(=O)(=O)[O-])ccc3OC)C(C)=O)cc2c1O.[Na+].[Na+].[Na+].[Na+]. The van der Waals surface area contributed by atoms with Crippen LogP contribution in [0.4, 0.5) is 22.7 Å². The normalized spacial score (nSPS) is 12.8. The number of fused-ring (bicyclic) bond motifs is 1. The van der Waals surface area contributed by atoms with Crippen LogP contribution in [0.2, 0.25) is 0 Å². The Kier molecular flexibility index (Phi) is 26.6. The third kappa shape index (κ3) is 18.9. The summed E-state index contributed by atoms with van der Waals surface area (Å²) in [6, 6.07) is 4.83. The molecule has 70 heavy (non-hydrogen) atoms. The van der Waals surface area contributed by atoms with Crippen LogP contribution in [0, 0.1) is 0 Å². The Balaban J connectivity index is 0.0000119. The number of hydrogen-bond donors (Lipinski definition) is 2. The number of ether oxygens (including phenoxy) is 2.